The molecule has 0 saturated heterocycles. The highest BCUT2D eigenvalue weighted by molar-refractivity contribution is 6.88. The minimum Gasteiger partial charge on any atom is -0.359 e. The molecule has 3 aliphatic heterocycles. The van der Waals surface area contributed by atoms with Gasteiger partial charge < -0.3 is 9.62 Å². The van der Waals surface area contributed by atoms with Crippen LogP contribution in [0.2, 0.25) is 0 Å². The molecule has 0 bridgehead atoms. The molecule has 3 aliphatic rings. The van der Waals surface area contributed by atoms with E-state index in [-0.39, 0.29) is 6.98 Å². The molecule has 0 fully saturated rings. The lowest BCUT2D eigenvalue weighted by Crippen LogP contribution is -2.58. The lowest BCUT2D eigenvalue weighted by atomic mass is 9.55. The predicted octanol–water partition coefficient (Wildman–Crippen LogP) is 8.67. The first-order valence-electron chi connectivity index (χ1n) is 13.6. The first-order valence-corrected chi connectivity index (χ1v) is 13.6. The number of para-hydroxylation sites is 2. The fourth-order valence-corrected chi connectivity index (χ4v) is 6.89. The smallest absolute Gasteiger partial charge is 0.359 e. The molecule has 0 saturated carbocycles. The van der Waals surface area contributed by atoms with Crippen LogP contribution in [0.15, 0.2) is 140 Å². The molecule has 2 nitrogen and oxygen atoms in total. The van der Waals surface area contributed by atoms with Gasteiger partial charge in [0.2, 0.25) is 0 Å². The summed E-state index contributed by atoms with van der Waals surface area (Å²) >= 11 is 0. The number of anilines is 4. The van der Waals surface area contributed by atoms with Gasteiger partial charge in [-0.05, 0) is 75.2 Å². The molecule has 39 heavy (non-hydrogen) atoms. The summed E-state index contributed by atoms with van der Waals surface area (Å²) in [5, 5.41) is 0. The van der Waals surface area contributed by atoms with Gasteiger partial charge in [0.1, 0.15) is 0 Å². The topological polar surface area (TPSA) is 6.48 Å². The van der Waals surface area contributed by atoms with Crippen molar-refractivity contribution in [3.8, 4) is 44.5 Å². The molecule has 0 aromatic heterocycles. The van der Waals surface area contributed by atoms with Crippen LogP contribution in [-0.2, 0) is 0 Å². The van der Waals surface area contributed by atoms with Crippen molar-refractivity contribution in [3.05, 3.63) is 140 Å². The van der Waals surface area contributed by atoms with Gasteiger partial charge in [0, 0.05) is 22.5 Å². The molecule has 0 N–H and O–H groups in total. The molecule has 0 aliphatic carbocycles. The molecule has 9 rings (SSSR count). The molecule has 0 radical (unpaired) electrons. The summed E-state index contributed by atoms with van der Waals surface area (Å²) in [6, 6.07) is 51.1. The van der Waals surface area contributed by atoms with E-state index in [0.29, 0.717) is 0 Å². The van der Waals surface area contributed by atoms with E-state index in [1.165, 1.54) is 72.7 Å². The summed E-state index contributed by atoms with van der Waals surface area (Å²) in [6.07, 6.45) is 0. The SMILES string of the molecule is c1ccc(-c2ccc3c(c2)-c2cccc4c2B2N3c3ccccc3N2c2ccc(-c3ccccc3)cc2-4)cc1. The van der Waals surface area contributed by atoms with Gasteiger partial charge in [0.05, 0.1) is 11.4 Å². The molecule has 0 spiro atoms. The molecule has 180 valence electrons. The Hall–Kier alpha value is -5.02. The number of fused-ring (bicyclic) bond motifs is 9. The van der Waals surface area contributed by atoms with Crippen LogP contribution in [0.1, 0.15) is 0 Å². The maximum atomic E-state index is 2.55. The molecule has 6 aromatic rings. The van der Waals surface area contributed by atoms with Crippen molar-refractivity contribution < 1.29 is 0 Å². The molecular weight excluding hydrogens is 471 g/mol. The van der Waals surface area contributed by atoms with Gasteiger partial charge in [-0.15, -0.1) is 0 Å². The molecule has 3 heteroatoms. The van der Waals surface area contributed by atoms with Crippen molar-refractivity contribution in [3.63, 3.8) is 0 Å². The van der Waals surface area contributed by atoms with E-state index in [4.69, 9.17) is 0 Å². The first-order chi connectivity index (χ1) is 19.4. The monoisotopic (exact) mass is 494 g/mol. The van der Waals surface area contributed by atoms with Crippen LogP contribution in [-0.4, -0.2) is 6.98 Å². The predicted molar refractivity (Wildman–Crippen MR) is 164 cm³/mol. The molecule has 3 heterocycles. The lowest BCUT2D eigenvalue weighted by Gasteiger charge is -2.41. The molecule has 6 aromatic carbocycles. The number of benzene rings is 6. The number of hydrogen-bond acceptors (Lipinski definition) is 2. The summed E-state index contributed by atoms with van der Waals surface area (Å²) in [7, 11) is 0. The van der Waals surface area contributed by atoms with Crippen molar-refractivity contribution in [1.82, 2.24) is 0 Å². The average Bonchev–Trinajstić information content (AvgIpc) is 3.37. The zero-order chi connectivity index (χ0) is 25.5. The third-order valence-corrected chi connectivity index (χ3v) is 8.56. The van der Waals surface area contributed by atoms with Gasteiger partial charge in [-0.3, -0.25) is 0 Å². The Kier molecular flexibility index (Phi) is 4.17. The average molecular weight is 494 g/mol. The summed E-state index contributed by atoms with van der Waals surface area (Å²) in [6.45, 7) is 0.0961. The molecule has 0 amide bonds. The highest BCUT2D eigenvalue weighted by Gasteiger charge is 2.51. The number of rotatable bonds is 2. The van der Waals surface area contributed by atoms with E-state index in [9.17, 15) is 0 Å². The Morgan fingerprint density at radius 3 is 1.28 bits per heavy atom. The maximum Gasteiger partial charge on any atom is 0.422 e. The summed E-state index contributed by atoms with van der Waals surface area (Å²) in [5.74, 6) is 0. The summed E-state index contributed by atoms with van der Waals surface area (Å²) < 4.78 is 0. The fourth-order valence-electron chi connectivity index (χ4n) is 6.89. The Labute approximate surface area is 228 Å². The Morgan fingerprint density at radius 2 is 0.795 bits per heavy atom. The second-order valence-corrected chi connectivity index (χ2v) is 10.6. The fraction of sp³-hybridized carbons (Fsp3) is 0. The van der Waals surface area contributed by atoms with E-state index in [0.717, 1.165) is 0 Å². The molecule has 0 atom stereocenters. The van der Waals surface area contributed by atoms with Crippen LogP contribution in [0.3, 0.4) is 0 Å². The zero-order valence-electron chi connectivity index (χ0n) is 21.3. The standard InChI is InChI=1S/C36H23BN2/c1-3-10-24(11-4-1)26-18-20-32-30(22-26)28-14-9-15-29-31-23-27(25-12-5-2-6-13-25)19-21-33(31)39-35-17-8-7-16-34(35)38(32)37(39)36(28)29/h1-23H. The second-order valence-electron chi connectivity index (χ2n) is 10.6. The van der Waals surface area contributed by atoms with Gasteiger partial charge >= 0.3 is 6.98 Å². The van der Waals surface area contributed by atoms with Crippen molar-refractivity contribution in [2.45, 2.75) is 0 Å². The zero-order valence-corrected chi connectivity index (χ0v) is 21.3. The second kappa shape index (κ2) is 7.75. The van der Waals surface area contributed by atoms with E-state index in [1.54, 1.807) is 0 Å². The van der Waals surface area contributed by atoms with E-state index >= 15 is 0 Å². The normalized spacial score (nSPS) is 13.5. The van der Waals surface area contributed by atoms with Crippen LogP contribution < -0.4 is 15.1 Å². The van der Waals surface area contributed by atoms with E-state index in [1.807, 2.05) is 0 Å². The van der Waals surface area contributed by atoms with Crippen molar-refractivity contribution in [2.75, 3.05) is 9.62 Å². The third-order valence-electron chi connectivity index (χ3n) is 8.56. The van der Waals surface area contributed by atoms with Crippen LogP contribution in [0, 0.1) is 0 Å². The van der Waals surface area contributed by atoms with Gasteiger partial charge in [-0.1, -0.05) is 103 Å². The van der Waals surface area contributed by atoms with E-state index in [2.05, 4.69) is 149 Å². The highest BCUT2D eigenvalue weighted by Crippen LogP contribution is 2.55. The first kappa shape index (κ1) is 21.0. The Balaban J connectivity index is 1.35. The Morgan fingerprint density at radius 1 is 0.333 bits per heavy atom. The van der Waals surface area contributed by atoms with Crippen molar-refractivity contribution in [2.24, 2.45) is 0 Å². The van der Waals surface area contributed by atoms with Gasteiger partial charge in [-0.25, -0.2) is 0 Å². The largest absolute Gasteiger partial charge is 0.422 e. The maximum absolute atomic E-state index is 2.55. The van der Waals surface area contributed by atoms with E-state index < -0.39 is 0 Å². The van der Waals surface area contributed by atoms with Crippen LogP contribution in [0.4, 0.5) is 22.7 Å². The Bertz CT molecular complexity index is 1790. The summed E-state index contributed by atoms with van der Waals surface area (Å²) in [5.41, 5.74) is 16.7. The van der Waals surface area contributed by atoms with Gasteiger partial charge in [0.25, 0.3) is 0 Å². The molecule has 0 unspecified atom stereocenters. The van der Waals surface area contributed by atoms with Crippen LogP contribution in [0.25, 0.3) is 44.5 Å². The van der Waals surface area contributed by atoms with Gasteiger partial charge in [-0.2, -0.15) is 0 Å². The number of nitrogens with zero attached hydrogens (tertiary/aromatic N) is 2. The van der Waals surface area contributed by atoms with Gasteiger partial charge in [0.15, 0.2) is 0 Å². The quantitative estimate of drug-likeness (QED) is 0.222. The van der Waals surface area contributed by atoms with Crippen molar-refractivity contribution >= 4 is 35.2 Å². The van der Waals surface area contributed by atoms with Crippen molar-refractivity contribution in [1.29, 1.82) is 0 Å². The third kappa shape index (κ3) is 2.82. The minimum absolute atomic E-state index is 0.0961. The van der Waals surface area contributed by atoms with Crippen LogP contribution in [0.5, 0.6) is 0 Å². The minimum atomic E-state index is 0.0961. The van der Waals surface area contributed by atoms with Crippen LogP contribution >= 0.6 is 0 Å². The number of hydrogen-bond donors (Lipinski definition) is 0. The highest BCUT2D eigenvalue weighted by atomic mass is 15.3. The lowest BCUT2D eigenvalue weighted by molar-refractivity contribution is 1.36. The summed E-state index contributed by atoms with van der Waals surface area (Å²) in [4.78, 5) is 5.11. The molecular formula is C36H23BN2.